The summed E-state index contributed by atoms with van der Waals surface area (Å²) in [6, 6.07) is 22.5. The number of fused-ring (bicyclic) bond motifs is 5. The fourth-order valence-electron chi connectivity index (χ4n) is 11.4. The molecule has 0 heterocycles. The Morgan fingerprint density at radius 1 is 0.848 bits per heavy atom. The van der Waals surface area contributed by atoms with Crippen LogP contribution in [0.4, 0.5) is 0 Å². The Morgan fingerprint density at radius 2 is 1.43 bits per heavy atom. The van der Waals surface area contributed by atoms with Gasteiger partial charge < -0.3 is 4.43 Å². The Bertz CT molecular complexity index is 1350. The summed E-state index contributed by atoms with van der Waals surface area (Å²) in [5, 5.41) is 2.82. The van der Waals surface area contributed by atoms with Gasteiger partial charge in [0.05, 0.1) is 0 Å². The number of carbonyl (C=O) groups is 1. The van der Waals surface area contributed by atoms with Crippen molar-refractivity contribution in [3.05, 3.63) is 72.3 Å². The molecule has 0 radical (unpaired) electrons. The first kappa shape index (κ1) is 33.9. The Balaban J connectivity index is 1.22. The van der Waals surface area contributed by atoms with E-state index >= 15 is 0 Å². The van der Waals surface area contributed by atoms with E-state index < -0.39 is 8.32 Å². The quantitative estimate of drug-likeness (QED) is 0.202. The SMILES string of the molecule is CC(C)C(=O)CC[C@@H](C)[C@H]1CC[C@H]2C3=CC[C@H]4C[C@@H](O[Si](c5ccccc5)(c5ccccc5)C(C)(C)C)CC[C@]4(C)[C@H]3CC[C@]12C. The van der Waals surface area contributed by atoms with E-state index in [9.17, 15) is 4.79 Å². The summed E-state index contributed by atoms with van der Waals surface area (Å²) >= 11 is 0. The predicted octanol–water partition coefficient (Wildman–Crippen LogP) is 10.2. The summed E-state index contributed by atoms with van der Waals surface area (Å²) in [5.74, 6) is 4.16. The standard InChI is InChI=1S/C43H62O2Si/c1-30(2)40(44)24-19-31(3)37-22-23-38-36-21-20-32-29-33(25-27-42(32,7)39(36)26-28-43(37,38)8)45-46(41(4,5)6,34-15-11-9-12-16-34)35-17-13-10-14-18-35/h9-18,21,30-33,37-39H,19-20,22-29H2,1-8H3/t31-,32+,33+,37-,38+,39+,42+,43-/m1/s1. The lowest BCUT2D eigenvalue weighted by atomic mass is 9.47. The molecule has 3 heteroatoms. The minimum absolute atomic E-state index is 0.0160. The van der Waals surface area contributed by atoms with Crippen LogP contribution in [0.3, 0.4) is 0 Å². The molecule has 0 bridgehead atoms. The third-order valence-corrected chi connectivity index (χ3v) is 19.1. The van der Waals surface area contributed by atoms with Crippen LogP contribution < -0.4 is 10.4 Å². The summed E-state index contributed by atoms with van der Waals surface area (Å²) in [4.78, 5) is 12.5. The zero-order valence-corrected chi connectivity index (χ0v) is 31.3. The van der Waals surface area contributed by atoms with Crippen molar-refractivity contribution >= 4 is 24.5 Å². The molecular formula is C43H62O2Si. The van der Waals surface area contributed by atoms with E-state index in [2.05, 4.69) is 122 Å². The van der Waals surface area contributed by atoms with Crippen LogP contribution in [0.5, 0.6) is 0 Å². The molecule has 2 aromatic rings. The molecule has 0 aliphatic heterocycles. The lowest BCUT2D eigenvalue weighted by Gasteiger charge is -2.58. The van der Waals surface area contributed by atoms with E-state index in [-0.39, 0.29) is 11.0 Å². The lowest BCUT2D eigenvalue weighted by molar-refractivity contribution is -0.122. The minimum atomic E-state index is -2.56. The molecule has 6 rings (SSSR count). The second-order valence-corrected chi connectivity index (χ2v) is 22.0. The molecule has 0 aromatic heterocycles. The van der Waals surface area contributed by atoms with Crippen molar-refractivity contribution in [3.8, 4) is 0 Å². The smallest absolute Gasteiger partial charge is 0.261 e. The lowest BCUT2D eigenvalue weighted by Crippen LogP contribution is -2.68. The second-order valence-electron chi connectivity index (χ2n) is 17.8. The summed E-state index contributed by atoms with van der Waals surface area (Å²) in [7, 11) is -2.56. The van der Waals surface area contributed by atoms with Gasteiger partial charge in [0, 0.05) is 18.4 Å². The molecular weight excluding hydrogens is 577 g/mol. The van der Waals surface area contributed by atoms with Crippen molar-refractivity contribution in [1.29, 1.82) is 0 Å². The van der Waals surface area contributed by atoms with Gasteiger partial charge in [-0.15, -0.1) is 0 Å². The average Bonchev–Trinajstić information content (AvgIpc) is 3.40. The van der Waals surface area contributed by atoms with Crippen molar-refractivity contribution in [2.45, 2.75) is 131 Å². The van der Waals surface area contributed by atoms with Gasteiger partial charge in [0.15, 0.2) is 0 Å². The maximum atomic E-state index is 12.5. The van der Waals surface area contributed by atoms with Gasteiger partial charge in [0.1, 0.15) is 5.78 Å². The fraction of sp³-hybridized carbons (Fsp3) is 0.651. The maximum absolute atomic E-state index is 12.5. The largest absolute Gasteiger partial charge is 0.404 e. The zero-order valence-electron chi connectivity index (χ0n) is 30.3. The summed E-state index contributed by atoms with van der Waals surface area (Å²) in [5.41, 5.74) is 2.62. The molecule has 2 aromatic carbocycles. The number of Topliss-reactive ketones (excluding diaryl/α,β-unsaturated/α-hetero) is 1. The zero-order chi connectivity index (χ0) is 32.9. The van der Waals surface area contributed by atoms with Crippen LogP contribution in [0.2, 0.25) is 5.04 Å². The molecule has 8 atom stereocenters. The number of hydrogen-bond acceptors (Lipinski definition) is 2. The van der Waals surface area contributed by atoms with Crippen LogP contribution in [0, 0.1) is 46.3 Å². The van der Waals surface area contributed by atoms with E-state index in [4.69, 9.17) is 4.43 Å². The number of ketones is 1. The van der Waals surface area contributed by atoms with Crippen LogP contribution in [0.1, 0.15) is 120 Å². The minimum Gasteiger partial charge on any atom is -0.404 e. The number of benzene rings is 2. The first-order valence-corrected chi connectivity index (χ1v) is 20.7. The van der Waals surface area contributed by atoms with Crippen LogP contribution in [-0.4, -0.2) is 20.2 Å². The maximum Gasteiger partial charge on any atom is 0.261 e. The fourth-order valence-corrected chi connectivity index (χ4v) is 16.1. The first-order chi connectivity index (χ1) is 21.8. The van der Waals surface area contributed by atoms with Crippen molar-refractivity contribution in [1.82, 2.24) is 0 Å². The summed E-state index contributed by atoms with van der Waals surface area (Å²) in [6.45, 7) is 19.1. The van der Waals surface area contributed by atoms with Gasteiger partial charge in [-0.2, -0.15) is 0 Å². The van der Waals surface area contributed by atoms with Crippen molar-refractivity contribution in [3.63, 3.8) is 0 Å². The number of hydrogen-bond donors (Lipinski definition) is 0. The molecule has 46 heavy (non-hydrogen) atoms. The monoisotopic (exact) mass is 638 g/mol. The molecule has 3 saturated carbocycles. The van der Waals surface area contributed by atoms with Crippen LogP contribution in [0.25, 0.3) is 0 Å². The van der Waals surface area contributed by atoms with Gasteiger partial charge >= 0.3 is 0 Å². The van der Waals surface area contributed by atoms with Gasteiger partial charge in [0.25, 0.3) is 8.32 Å². The van der Waals surface area contributed by atoms with E-state index in [1.54, 1.807) is 0 Å². The predicted molar refractivity (Wildman–Crippen MR) is 196 cm³/mol. The Hall–Kier alpha value is -1.97. The van der Waals surface area contributed by atoms with E-state index in [1.165, 1.54) is 61.7 Å². The molecule has 0 unspecified atom stereocenters. The third kappa shape index (κ3) is 5.74. The highest BCUT2D eigenvalue weighted by Gasteiger charge is 2.59. The average molecular weight is 639 g/mol. The normalized spacial score (nSPS) is 33.5. The van der Waals surface area contributed by atoms with Gasteiger partial charge in [-0.25, -0.2) is 0 Å². The molecule has 0 spiro atoms. The molecule has 2 nitrogen and oxygen atoms in total. The number of carbonyl (C=O) groups excluding carboxylic acids is 1. The summed E-state index contributed by atoms with van der Waals surface area (Å²) < 4.78 is 7.72. The Kier molecular flexibility index (Phi) is 9.44. The van der Waals surface area contributed by atoms with Crippen LogP contribution in [-0.2, 0) is 9.22 Å². The van der Waals surface area contributed by atoms with Crippen molar-refractivity contribution < 1.29 is 9.22 Å². The molecule has 0 saturated heterocycles. The van der Waals surface area contributed by atoms with E-state index in [0.717, 1.165) is 30.6 Å². The van der Waals surface area contributed by atoms with Crippen LogP contribution in [0.15, 0.2) is 72.3 Å². The van der Waals surface area contributed by atoms with Crippen LogP contribution >= 0.6 is 0 Å². The van der Waals surface area contributed by atoms with Gasteiger partial charge in [-0.1, -0.05) is 128 Å². The highest BCUT2D eigenvalue weighted by atomic mass is 28.4. The highest BCUT2D eigenvalue weighted by Crippen LogP contribution is 2.67. The first-order valence-electron chi connectivity index (χ1n) is 18.8. The molecule has 0 N–H and O–H groups in total. The third-order valence-electron chi connectivity index (χ3n) is 14.0. The van der Waals surface area contributed by atoms with Gasteiger partial charge in [-0.3, -0.25) is 4.79 Å². The number of rotatable bonds is 9. The Labute approximate surface area is 282 Å². The summed E-state index contributed by atoms with van der Waals surface area (Å²) in [6.07, 6.45) is 15.2. The molecule has 0 amide bonds. The van der Waals surface area contributed by atoms with Gasteiger partial charge in [0.2, 0.25) is 0 Å². The van der Waals surface area contributed by atoms with Crippen molar-refractivity contribution in [2.75, 3.05) is 0 Å². The molecule has 4 aliphatic rings. The van der Waals surface area contributed by atoms with Crippen molar-refractivity contribution in [2.24, 2.45) is 46.3 Å². The molecule has 4 aliphatic carbocycles. The number of allylic oxidation sites excluding steroid dienone is 2. The van der Waals surface area contributed by atoms with E-state index in [1.807, 2.05) is 5.57 Å². The highest BCUT2D eigenvalue weighted by molar-refractivity contribution is 6.99. The molecule has 3 fully saturated rings. The Morgan fingerprint density at radius 3 is 2.02 bits per heavy atom. The topological polar surface area (TPSA) is 26.3 Å². The molecule has 250 valence electrons. The van der Waals surface area contributed by atoms with E-state index in [0.29, 0.717) is 34.6 Å². The van der Waals surface area contributed by atoms with Gasteiger partial charge in [-0.05, 0) is 114 Å². The second kappa shape index (κ2) is 12.8.